The Kier molecular flexibility index (Phi) is 5.65. The van der Waals surface area contributed by atoms with E-state index in [2.05, 4.69) is 15.9 Å². The molecule has 0 saturated carbocycles. The van der Waals surface area contributed by atoms with E-state index in [0.29, 0.717) is 6.61 Å². The smallest absolute Gasteiger partial charge is 0.156 e. The third kappa shape index (κ3) is 3.82. The first-order chi connectivity index (χ1) is 8.16. The second-order valence-corrected chi connectivity index (χ2v) is 4.64. The van der Waals surface area contributed by atoms with Gasteiger partial charge in [-0.2, -0.15) is 0 Å². The van der Waals surface area contributed by atoms with E-state index in [-0.39, 0.29) is 0 Å². The van der Waals surface area contributed by atoms with Gasteiger partial charge in [-0.3, -0.25) is 4.79 Å². The Labute approximate surface area is 110 Å². The number of hydrogen-bond acceptors (Lipinski definition) is 3. The molecule has 94 valence electrons. The van der Waals surface area contributed by atoms with Crippen LogP contribution in [-0.2, 0) is 15.1 Å². The van der Waals surface area contributed by atoms with Crippen molar-refractivity contribution in [3.05, 3.63) is 29.8 Å². The van der Waals surface area contributed by atoms with Crippen molar-refractivity contribution in [1.29, 1.82) is 0 Å². The van der Waals surface area contributed by atoms with Crippen LogP contribution in [0.1, 0.15) is 18.9 Å². The number of carbonyl (C=O) groups excluding carboxylic acids is 1. The number of alkyl halides is 1. The molecule has 0 aromatic heterocycles. The number of benzene rings is 1. The molecular formula is C13H17BrO3. The zero-order valence-corrected chi connectivity index (χ0v) is 11.7. The summed E-state index contributed by atoms with van der Waals surface area (Å²) in [6, 6.07) is 7.35. The van der Waals surface area contributed by atoms with Crippen molar-refractivity contribution >= 4 is 22.2 Å². The molecule has 0 spiro atoms. The number of aldehydes is 1. The number of methoxy groups -OCH3 is 1. The monoisotopic (exact) mass is 300 g/mol. The number of rotatable bonds is 7. The Hall–Kier alpha value is -0.870. The van der Waals surface area contributed by atoms with Crippen molar-refractivity contribution in [2.45, 2.75) is 18.9 Å². The molecule has 1 aromatic carbocycles. The fraction of sp³-hybridized carbons (Fsp3) is 0.462. The first-order valence-corrected chi connectivity index (χ1v) is 6.59. The lowest BCUT2D eigenvalue weighted by molar-refractivity contribution is -0.130. The van der Waals surface area contributed by atoms with Crippen LogP contribution in [0.25, 0.3) is 0 Å². The zero-order valence-electron chi connectivity index (χ0n) is 10.1. The molecule has 1 aromatic rings. The van der Waals surface area contributed by atoms with Crippen LogP contribution in [0.4, 0.5) is 0 Å². The predicted molar refractivity (Wildman–Crippen MR) is 70.8 cm³/mol. The summed E-state index contributed by atoms with van der Waals surface area (Å²) in [5.41, 5.74) is -0.0445. The van der Waals surface area contributed by atoms with E-state index in [1.807, 2.05) is 24.3 Å². The van der Waals surface area contributed by atoms with Crippen LogP contribution in [0.2, 0.25) is 0 Å². The highest BCUT2D eigenvalue weighted by Crippen LogP contribution is 2.25. The van der Waals surface area contributed by atoms with Crippen molar-refractivity contribution < 1.29 is 14.3 Å². The molecule has 0 bridgehead atoms. The lowest BCUT2D eigenvalue weighted by Crippen LogP contribution is -2.28. The fourth-order valence-electron chi connectivity index (χ4n) is 1.45. The van der Waals surface area contributed by atoms with Gasteiger partial charge in [-0.05, 0) is 31.0 Å². The largest absolute Gasteiger partial charge is 0.497 e. The van der Waals surface area contributed by atoms with Crippen molar-refractivity contribution in [1.82, 2.24) is 0 Å². The standard InChI is InChI=1S/C13H17BrO3/c1-13(10-15,17-9-3-8-14)11-4-6-12(16-2)7-5-11/h4-7,10H,3,8-9H2,1-2H3. The molecule has 0 aliphatic carbocycles. The predicted octanol–water partition coefficient (Wildman–Crippen LogP) is 2.91. The summed E-state index contributed by atoms with van der Waals surface area (Å²) in [4.78, 5) is 11.2. The molecule has 3 nitrogen and oxygen atoms in total. The molecular weight excluding hydrogens is 284 g/mol. The van der Waals surface area contributed by atoms with E-state index in [0.717, 1.165) is 29.4 Å². The quantitative estimate of drug-likeness (QED) is 0.441. The first-order valence-electron chi connectivity index (χ1n) is 5.47. The number of halogens is 1. The minimum Gasteiger partial charge on any atom is -0.497 e. The van der Waals surface area contributed by atoms with Gasteiger partial charge in [0.25, 0.3) is 0 Å². The highest BCUT2D eigenvalue weighted by Gasteiger charge is 2.26. The molecule has 1 unspecified atom stereocenters. The summed E-state index contributed by atoms with van der Waals surface area (Å²) in [7, 11) is 1.61. The second kappa shape index (κ2) is 6.77. The zero-order chi connectivity index (χ0) is 12.7. The van der Waals surface area contributed by atoms with E-state index >= 15 is 0 Å². The second-order valence-electron chi connectivity index (χ2n) is 3.84. The van der Waals surface area contributed by atoms with Crippen LogP contribution in [0.15, 0.2) is 24.3 Å². The molecule has 0 heterocycles. The van der Waals surface area contributed by atoms with Crippen molar-refractivity contribution in [2.75, 3.05) is 19.0 Å². The maximum absolute atomic E-state index is 11.2. The Morgan fingerprint density at radius 2 is 2.00 bits per heavy atom. The average molecular weight is 301 g/mol. The van der Waals surface area contributed by atoms with Gasteiger partial charge in [-0.25, -0.2) is 0 Å². The number of carbonyl (C=O) groups is 1. The van der Waals surface area contributed by atoms with Gasteiger partial charge in [0.2, 0.25) is 0 Å². The summed E-state index contributed by atoms with van der Waals surface area (Å²) in [5.74, 6) is 0.766. The highest BCUT2D eigenvalue weighted by atomic mass is 79.9. The molecule has 0 aliphatic heterocycles. The minimum atomic E-state index is -0.881. The van der Waals surface area contributed by atoms with Gasteiger partial charge in [0.05, 0.1) is 7.11 Å². The van der Waals surface area contributed by atoms with Crippen molar-refractivity contribution in [2.24, 2.45) is 0 Å². The molecule has 0 amide bonds. The number of ether oxygens (including phenoxy) is 2. The van der Waals surface area contributed by atoms with E-state index in [1.54, 1.807) is 14.0 Å². The topological polar surface area (TPSA) is 35.5 Å². The van der Waals surface area contributed by atoms with Crippen LogP contribution in [0.3, 0.4) is 0 Å². The summed E-state index contributed by atoms with van der Waals surface area (Å²) in [6.07, 6.45) is 1.71. The van der Waals surface area contributed by atoms with Crippen LogP contribution in [-0.4, -0.2) is 25.3 Å². The normalized spacial score (nSPS) is 14.1. The SMILES string of the molecule is COc1ccc(C(C)(C=O)OCCCBr)cc1. The first kappa shape index (κ1) is 14.2. The third-order valence-electron chi connectivity index (χ3n) is 2.57. The molecule has 0 fully saturated rings. The van der Waals surface area contributed by atoms with Gasteiger partial charge in [0.1, 0.15) is 11.4 Å². The fourth-order valence-corrected chi connectivity index (χ4v) is 1.68. The summed E-state index contributed by atoms with van der Waals surface area (Å²) < 4.78 is 10.7. The molecule has 0 aliphatic rings. The van der Waals surface area contributed by atoms with Gasteiger partial charge in [0.15, 0.2) is 6.29 Å². The molecule has 1 rings (SSSR count). The summed E-state index contributed by atoms with van der Waals surface area (Å²) in [5, 5.41) is 0.866. The maximum atomic E-state index is 11.2. The van der Waals surface area contributed by atoms with Crippen LogP contribution >= 0.6 is 15.9 Å². The van der Waals surface area contributed by atoms with E-state index in [1.165, 1.54) is 0 Å². The Morgan fingerprint density at radius 3 is 2.47 bits per heavy atom. The lowest BCUT2D eigenvalue weighted by Gasteiger charge is -2.24. The van der Waals surface area contributed by atoms with Crippen molar-refractivity contribution in [3.63, 3.8) is 0 Å². The summed E-state index contributed by atoms with van der Waals surface area (Å²) >= 11 is 3.33. The van der Waals surface area contributed by atoms with Gasteiger partial charge in [-0.15, -0.1) is 0 Å². The average Bonchev–Trinajstić information content (AvgIpc) is 2.39. The van der Waals surface area contributed by atoms with E-state index < -0.39 is 5.60 Å². The Balaban J connectivity index is 2.79. The minimum absolute atomic E-state index is 0.548. The van der Waals surface area contributed by atoms with Crippen LogP contribution < -0.4 is 4.74 Å². The molecule has 0 radical (unpaired) electrons. The van der Waals surface area contributed by atoms with Crippen molar-refractivity contribution in [3.8, 4) is 5.75 Å². The van der Waals surface area contributed by atoms with Gasteiger partial charge < -0.3 is 9.47 Å². The molecule has 4 heteroatoms. The molecule has 0 N–H and O–H groups in total. The third-order valence-corrected chi connectivity index (χ3v) is 3.13. The van der Waals surface area contributed by atoms with E-state index in [9.17, 15) is 4.79 Å². The highest BCUT2D eigenvalue weighted by molar-refractivity contribution is 9.09. The summed E-state index contributed by atoms with van der Waals surface area (Å²) in [6.45, 7) is 2.32. The molecule has 0 saturated heterocycles. The van der Waals surface area contributed by atoms with Crippen LogP contribution in [0, 0.1) is 0 Å². The molecule has 17 heavy (non-hydrogen) atoms. The van der Waals surface area contributed by atoms with Crippen LogP contribution in [0.5, 0.6) is 5.75 Å². The molecule has 1 atom stereocenters. The van der Waals surface area contributed by atoms with Gasteiger partial charge in [0, 0.05) is 11.9 Å². The number of hydrogen-bond donors (Lipinski definition) is 0. The Morgan fingerprint density at radius 1 is 1.35 bits per heavy atom. The van der Waals surface area contributed by atoms with Gasteiger partial charge in [-0.1, -0.05) is 28.1 Å². The van der Waals surface area contributed by atoms with E-state index in [4.69, 9.17) is 9.47 Å². The maximum Gasteiger partial charge on any atom is 0.156 e. The van der Waals surface area contributed by atoms with Gasteiger partial charge >= 0.3 is 0 Å². The Bertz CT molecular complexity index is 350. The lowest BCUT2D eigenvalue weighted by atomic mass is 9.97.